The summed E-state index contributed by atoms with van der Waals surface area (Å²) < 4.78 is 2.78. The van der Waals surface area contributed by atoms with Crippen LogP contribution in [-0.4, -0.2) is 20.5 Å². The highest BCUT2D eigenvalue weighted by atomic mass is 79.9. The lowest BCUT2D eigenvalue weighted by Crippen LogP contribution is -2.01. The molecule has 0 saturated heterocycles. The normalized spacial score (nSPS) is 10.8. The van der Waals surface area contributed by atoms with Gasteiger partial charge in [-0.2, -0.15) is 0 Å². The molecule has 5 heteroatoms. The summed E-state index contributed by atoms with van der Waals surface area (Å²) in [6, 6.07) is 10.7. The number of hydrogen-bond acceptors (Lipinski definition) is 2. The molecule has 19 heavy (non-hydrogen) atoms. The van der Waals surface area contributed by atoms with E-state index < -0.39 is 5.97 Å². The Hall–Kier alpha value is -2.14. The molecule has 4 nitrogen and oxygen atoms in total. The van der Waals surface area contributed by atoms with E-state index in [2.05, 4.69) is 20.9 Å². The third-order valence-corrected chi connectivity index (χ3v) is 3.36. The van der Waals surface area contributed by atoms with Gasteiger partial charge in [0.05, 0.1) is 17.3 Å². The zero-order chi connectivity index (χ0) is 13.4. The second-order valence-corrected chi connectivity index (χ2v) is 4.99. The summed E-state index contributed by atoms with van der Waals surface area (Å²) >= 11 is 3.41. The van der Waals surface area contributed by atoms with Gasteiger partial charge < -0.3 is 5.11 Å². The van der Waals surface area contributed by atoms with E-state index in [1.165, 1.54) is 0 Å². The number of carboxylic acids is 1. The number of hydrogen-bond donors (Lipinski definition) is 1. The number of aromatic carboxylic acids is 1. The molecule has 3 aromatic rings. The van der Waals surface area contributed by atoms with Crippen molar-refractivity contribution in [3.05, 3.63) is 58.8 Å². The van der Waals surface area contributed by atoms with Crippen LogP contribution in [0.25, 0.3) is 16.9 Å². The second-order valence-electron chi connectivity index (χ2n) is 4.07. The van der Waals surface area contributed by atoms with E-state index >= 15 is 0 Å². The Bertz CT molecular complexity index is 780. The van der Waals surface area contributed by atoms with Crippen LogP contribution in [0.1, 0.15) is 10.4 Å². The van der Waals surface area contributed by atoms with E-state index in [-0.39, 0.29) is 5.56 Å². The first-order valence-corrected chi connectivity index (χ1v) is 6.41. The van der Waals surface area contributed by atoms with Gasteiger partial charge in [0.2, 0.25) is 0 Å². The molecule has 0 radical (unpaired) electrons. The molecule has 0 aliphatic rings. The average Bonchev–Trinajstić information content (AvgIpc) is 2.81. The van der Waals surface area contributed by atoms with Crippen molar-refractivity contribution in [2.24, 2.45) is 0 Å². The Balaban J connectivity index is 2.31. The van der Waals surface area contributed by atoms with Gasteiger partial charge in [-0.1, -0.05) is 18.2 Å². The van der Waals surface area contributed by atoms with Gasteiger partial charge in [-0.3, -0.25) is 4.40 Å². The highest BCUT2D eigenvalue weighted by molar-refractivity contribution is 9.10. The summed E-state index contributed by atoms with van der Waals surface area (Å²) in [5.41, 5.74) is 1.77. The maximum atomic E-state index is 11.3. The molecule has 0 amide bonds. The number of halogens is 1. The Morgan fingerprint density at radius 3 is 2.79 bits per heavy atom. The summed E-state index contributed by atoms with van der Waals surface area (Å²) in [5, 5.41) is 9.24. The molecule has 1 aromatic carbocycles. The number of carboxylic acid groups (broad SMARTS) is 1. The molecule has 0 unspecified atom stereocenters. The number of nitrogens with zero attached hydrogens (tertiary/aromatic N) is 2. The van der Waals surface area contributed by atoms with E-state index in [4.69, 9.17) is 0 Å². The number of aromatic nitrogens is 2. The molecule has 0 saturated carbocycles. The molecule has 0 bridgehead atoms. The van der Waals surface area contributed by atoms with Crippen molar-refractivity contribution in [2.45, 2.75) is 0 Å². The SMILES string of the molecule is O=C(O)c1ccccc1-c1ncc2ccc(Br)cn12. The molecule has 0 atom stereocenters. The predicted octanol–water partition coefficient (Wildman–Crippen LogP) is 3.46. The fourth-order valence-electron chi connectivity index (χ4n) is 2.03. The third-order valence-electron chi connectivity index (χ3n) is 2.89. The van der Waals surface area contributed by atoms with E-state index in [1.807, 2.05) is 22.7 Å². The minimum absolute atomic E-state index is 0.245. The molecule has 94 valence electrons. The monoisotopic (exact) mass is 316 g/mol. The van der Waals surface area contributed by atoms with Crippen LogP contribution in [0.15, 0.2) is 53.3 Å². The standard InChI is InChI=1S/C14H9BrN2O2/c15-9-5-6-10-7-16-13(17(10)8-9)11-3-1-2-4-12(11)14(18)19/h1-8H,(H,18,19). The van der Waals surface area contributed by atoms with Gasteiger partial charge in [0, 0.05) is 16.2 Å². The largest absolute Gasteiger partial charge is 0.478 e. The van der Waals surface area contributed by atoms with Gasteiger partial charge in [0.1, 0.15) is 5.82 Å². The number of imidazole rings is 1. The first kappa shape index (κ1) is 11.9. The summed E-state index contributed by atoms with van der Waals surface area (Å²) in [6.07, 6.45) is 3.59. The molecule has 2 aromatic heterocycles. The van der Waals surface area contributed by atoms with Crippen LogP contribution in [0.2, 0.25) is 0 Å². The van der Waals surface area contributed by atoms with Crippen LogP contribution in [-0.2, 0) is 0 Å². The van der Waals surface area contributed by atoms with Crippen molar-refractivity contribution < 1.29 is 9.90 Å². The average molecular weight is 317 g/mol. The van der Waals surface area contributed by atoms with Crippen LogP contribution in [0, 0.1) is 0 Å². The van der Waals surface area contributed by atoms with Crippen LogP contribution >= 0.6 is 15.9 Å². The first-order valence-electron chi connectivity index (χ1n) is 5.62. The van der Waals surface area contributed by atoms with Crippen LogP contribution < -0.4 is 0 Å². The summed E-state index contributed by atoms with van der Waals surface area (Å²) in [5.74, 6) is -0.336. The van der Waals surface area contributed by atoms with Gasteiger partial charge in [0.25, 0.3) is 0 Å². The highest BCUT2D eigenvalue weighted by Crippen LogP contribution is 2.25. The molecule has 3 rings (SSSR count). The maximum absolute atomic E-state index is 11.3. The van der Waals surface area contributed by atoms with E-state index in [0.717, 1.165) is 9.99 Å². The number of rotatable bonds is 2. The number of pyridine rings is 1. The van der Waals surface area contributed by atoms with Crippen molar-refractivity contribution >= 4 is 27.4 Å². The van der Waals surface area contributed by atoms with Crippen molar-refractivity contribution in [2.75, 3.05) is 0 Å². The minimum atomic E-state index is -0.956. The predicted molar refractivity (Wildman–Crippen MR) is 75.3 cm³/mol. The zero-order valence-corrected chi connectivity index (χ0v) is 11.3. The smallest absolute Gasteiger partial charge is 0.336 e. The van der Waals surface area contributed by atoms with Gasteiger partial charge in [-0.05, 0) is 34.1 Å². The van der Waals surface area contributed by atoms with Gasteiger partial charge in [-0.25, -0.2) is 9.78 Å². The molecule has 0 aliphatic carbocycles. The number of carbonyl (C=O) groups is 1. The number of benzene rings is 1. The molecular formula is C14H9BrN2O2. The summed E-state index contributed by atoms with van der Waals surface area (Å²) in [7, 11) is 0. The Morgan fingerprint density at radius 1 is 1.21 bits per heavy atom. The van der Waals surface area contributed by atoms with Crippen LogP contribution in [0.3, 0.4) is 0 Å². The lowest BCUT2D eigenvalue weighted by atomic mass is 10.1. The van der Waals surface area contributed by atoms with E-state index in [1.54, 1.807) is 30.5 Å². The molecule has 0 spiro atoms. The van der Waals surface area contributed by atoms with Gasteiger partial charge in [-0.15, -0.1) is 0 Å². The van der Waals surface area contributed by atoms with Gasteiger partial charge in [0.15, 0.2) is 0 Å². The Kier molecular flexibility index (Phi) is 2.83. The van der Waals surface area contributed by atoms with Crippen molar-refractivity contribution in [3.8, 4) is 11.4 Å². The maximum Gasteiger partial charge on any atom is 0.336 e. The van der Waals surface area contributed by atoms with E-state index in [9.17, 15) is 9.90 Å². The number of fused-ring (bicyclic) bond motifs is 1. The zero-order valence-electron chi connectivity index (χ0n) is 9.75. The molecule has 2 heterocycles. The van der Waals surface area contributed by atoms with E-state index in [0.29, 0.717) is 11.4 Å². The highest BCUT2D eigenvalue weighted by Gasteiger charge is 2.14. The fourth-order valence-corrected chi connectivity index (χ4v) is 2.37. The van der Waals surface area contributed by atoms with Crippen molar-refractivity contribution in [1.29, 1.82) is 0 Å². The molecular weight excluding hydrogens is 308 g/mol. The van der Waals surface area contributed by atoms with Gasteiger partial charge >= 0.3 is 5.97 Å². The topological polar surface area (TPSA) is 54.6 Å². The molecule has 1 N–H and O–H groups in total. The lowest BCUT2D eigenvalue weighted by Gasteiger charge is -2.05. The minimum Gasteiger partial charge on any atom is -0.478 e. The third kappa shape index (κ3) is 2.02. The lowest BCUT2D eigenvalue weighted by molar-refractivity contribution is 0.0697. The molecule has 0 aliphatic heterocycles. The fraction of sp³-hybridized carbons (Fsp3) is 0. The quantitative estimate of drug-likeness (QED) is 0.787. The summed E-state index contributed by atoms with van der Waals surface area (Å²) in [6.45, 7) is 0. The second kappa shape index (κ2) is 4.51. The molecule has 0 fully saturated rings. The first-order chi connectivity index (χ1) is 9.16. The van der Waals surface area contributed by atoms with Crippen LogP contribution in [0.5, 0.6) is 0 Å². The Labute approximate surface area is 117 Å². The summed E-state index contributed by atoms with van der Waals surface area (Å²) in [4.78, 5) is 15.6. The Morgan fingerprint density at radius 2 is 2.00 bits per heavy atom. The van der Waals surface area contributed by atoms with Crippen molar-refractivity contribution in [1.82, 2.24) is 9.38 Å². The van der Waals surface area contributed by atoms with Crippen LogP contribution in [0.4, 0.5) is 0 Å². The van der Waals surface area contributed by atoms with Crippen molar-refractivity contribution in [3.63, 3.8) is 0 Å².